The van der Waals surface area contributed by atoms with Crippen LogP contribution >= 0.6 is 23.2 Å². The van der Waals surface area contributed by atoms with E-state index in [1.807, 2.05) is 0 Å². The molecule has 1 amide bonds. The molecule has 0 spiro atoms. The van der Waals surface area contributed by atoms with Gasteiger partial charge in [-0.2, -0.15) is 4.72 Å². The largest absolute Gasteiger partial charge is 0.454 e. The third-order valence-electron chi connectivity index (χ3n) is 3.56. The molecular weight excluding hydrogens is 427 g/mol. The Hall–Kier alpha value is -2.13. The van der Waals surface area contributed by atoms with Crippen LogP contribution in [0.1, 0.15) is 12.5 Å². The van der Waals surface area contributed by atoms with Crippen molar-refractivity contribution < 1.29 is 22.7 Å². The second-order valence-electron chi connectivity index (χ2n) is 5.81. The van der Waals surface area contributed by atoms with Gasteiger partial charge in [0.05, 0.1) is 4.90 Å². The average molecular weight is 445 g/mol. The van der Waals surface area contributed by atoms with Gasteiger partial charge in [-0.1, -0.05) is 35.3 Å². The lowest BCUT2D eigenvalue weighted by Gasteiger charge is -2.14. The molecule has 2 N–H and O–H groups in total. The van der Waals surface area contributed by atoms with Gasteiger partial charge in [0.1, 0.15) is 6.04 Å². The topological polar surface area (TPSA) is 102 Å². The number of carbonyl (C=O) groups excluding carboxylic acids is 2. The summed E-state index contributed by atoms with van der Waals surface area (Å²) < 4.78 is 31.5. The zero-order chi connectivity index (χ0) is 20.7. The molecule has 10 heteroatoms. The molecule has 0 aliphatic heterocycles. The van der Waals surface area contributed by atoms with E-state index in [2.05, 4.69) is 10.0 Å². The first-order chi connectivity index (χ1) is 13.2. The summed E-state index contributed by atoms with van der Waals surface area (Å²) in [5, 5.41) is 3.55. The number of benzene rings is 2. The van der Waals surface area contributed by atoms with Crippen LogP contribution in [-0.2, 0) is 30.9 Å². The number of hydrogen-bond donors (Lipinski definition) is 2. The zero-order valence-corrected chi connectivity index (χ0v) is 17.1. The molecule has 28 heavy (non-hydrogen) atoms. The van der Waals surface area contributed by atoms with Crippen molar-refractivity contribution in [3.63, 3.8) is 0 Å². The maximum atomic E-state index is 12.2. The fourth-order valence-corrected chi connectivity index (χ4v) is 3.52. The summed E-state index contributed by atoms with van der Waals surface area (Å²) >= 11 is 11.5. The Morgan fingerprint density at radius 2 is 1.54 bits per heavy atom. The molecule has 2 aromatic rings. The molecule has 7 nitrogen and oxygen atoms in total. The van der Waals surface area contributed by atoms with Crippen LogP contribution in [0.5, 0.6) is 0 Å². The van der Waals surface area contributed by atoms with Crippen molar-refractivity contribution in [2.24, 2.45) is 0 Å². The van der Waals surface area contributed by atoms with Gasteiger partial charge in [0, 0.05) is 16.6 Å². The van der Waals surface area contributed by atoms with E-state index in [1.165, 1.54) is 31.2 Å². The van der Waals surface area contributed by atoms with E-state index in [0.29, 0.717) is 10.0 Å². The summed E-state index contributed by atoms with van der Waals surface area (Å²) in [7, 11) is -3.93. The minimum atomic E-state index is -3.93. The van der Waals surface area contributed by atoms with Gasteiger partial charge in [-0.15, -0.1) is 0 Å². The summed E-state index contributed by atoms with van der Waals surface area (Å²) in [6, 6.07) is 11.2. The lowest BCUT2D eigenvalue weighted by Crippen LogP contribution is -2.40. The van der Waals surface area contributed by atoms with Crippen LogP contribution in [0.4, 0.5) is 0 Å². The van der Waals surface area contributed by atoms with Crippen LogP contribution < -0.4 is 10.0 Å². The predicted octanol–water partition coefficient (Wildman–Crippen LogP) is 2.52. The van der Waals surface area contributed by atoms with Crippen LogP contribution in [0.3, 0.4) is 0 Å². The fraction of sp³-hybridized carbons (Fsp3) is 0.222. The molecule has 2 aromatic carbocycles. The first-order valence-corrected chi connectivity index (χ1v) is 10.4. The number of ether oxygens (including phenoxy) is 1. The van der Waals surface area contributed by atoms with Crippen molar-refractivity contribution in [3.05, 3.63) is 64.1 Å². The Balaban J connectivity index is 1.80. The minimum absolute atomic E-state index is 0.0442. The number of rotatable bonds is 8. The minimum Gasteiger partial charge on any atom is -0.454 e. The molecule has 0 aromatic heterocycles. The normalized spacial score (nSPS) is 12.2. The standard InChI is InChI=1S/C18H18Cl2N2O5S/c1-12(22-28(25,26)16-8-6-15(20)7-9-16)18(24)27-11-17(23)21-10-13-2-4-14(19)5-3-13/h2-9,12,22H,10-11H2,1H3,(H,21,23). The predicted molar refractivity (Wildman–Crippen MR) is 105 cm³/mol. The van der Waals surface area contributed by atoms with Gasteiger partial charge >= 0.3 is 5.97 Å². The Morgan fingerprint density at radius 1 is 1.00 bits per heavy atom. The Bertz CT molecular complexity index is 931. The lowest BCUT2D eigenvalue weighted by molar-refractivity contribution is -0.149. The van der Waals surface area contributed by atoms with E-state index in [9.17, 15) is 18.0 Å². The SMILES string of the molecule is CC(NS(=O)(=O)c1ccc(Cl)cc1)C(=O)OCC(=O)NCc1ccc(Cl)cc1. The number of amides is 1. The van der Waals surface area contributed by atoms with E-state index in [-0.39, 0.29) is 11.4 Å². The summed E-state index contributed by atoms with van der Waals surface area (Å²) in [6.45, 7) is 1.03. The van der Waals surface area contributed by atoms with Gasteiger partial charge in [-0.3, -0.25) is 9.59 Å². The number of hydrogen-bond acceptors (Lipinski definition) is 5. The highest BCUT2D eigenvalue weighted by molar-refractivity contribution is 7.89. The summed E-state index contributed by atoms with van der Waals surface area (Å²) in [5.74, 6) is -1.39. The van der Waals surface area contributed by atoms with E-state index >= 15 is 0 Å². The molecule has 0 heterocycles. The van der Waals surface area contributed by atoms with Gasteiger partial charge in [0.2, 0.25) is 10.0 Å². The van der Waals surface area contributed by atoms with Crippen molar-refractivity contribution in [1.29, 1.82) is 0 Å². The van der Waals surface area contributed by atoms with Crippen LogP contribution in [0, 0.1) is 0 Å². The van der Waals surface area contributed by atoms with Crippen LogP contribution in [0.2, 0.25) is 10.0 Å². The Kier molecular flexibility index (Phi) is 7.82. The lowest BCUT2D eigenvalue weighted by atomic mass is 10.2. The number of nitrogens with one attached hydrogen (secondary N) is 2. The third-order valence-corrected chi connectivity index (χ3v) is 5.62. The molecule has 1 atom stereocenters. The van der Waals surface area contributed by atoms with Crippen molar-refractivity contribution in [2.75, 3.05) is 6.61 Å². The van der Waals surface area contributed by atoms with Crippen LogP contribution in [-0.4, -0.2) is 32.9 Å². The number of esters is 1. The molecule has 0 aliphatic carbocycles. The van der Waals surface area contributed by atoms with E-state index in [1.54, 1.807) is 24.3 Å². The highest BCUT2D eigenvalue weighted by atomic mass is 35.5. The molecule has 2 rings (SSSR count). The van der Waals surface area contributed by atoms with Gasteiger partial charge in [0.25, 0.3) is 5.91 Å². The molecule has 0 saturated heterocycles. The maximum absolute atomic E-state index is 12.2. The first-order valence-electron chi connectivity index (χ1n) is 8.13. The molecule has 0 radical (unpaired) electrons. The molecule has 0 fully saturated rings. The number of halogens is 2. The molecule has 1 unspecified atom stereocenters. The summed E-state index contributed by atoms with van der Waals surface area (Å²) in [5.41, 5.74) is 0.827. The van der Waals surface area contributed by atoms with E-state index in [4.69, 9.17) is 27.9 Å². The van der Waals surface area contributed by atoms with Crippen molar-refractivity contribution in [3.8, 4) is 0 Å². The van der Waals surface area contributed by atoms with Gasteiger partial charge < -0.3 is 10.1 Å². The second-order valence-corrected chi connectivity index (χ2v) is 8.39. The first kappa shape index (κ1) is 22.2. The van der Waals surface area contributed by atoms with Crippen molar-refractivity contribution in [1.82, 2.24) is 10.0 Å². The molecule has 150 valence electrons. The fourth-order valence-electron chi connectivity index (χ4n) is 2.08. The van der Waals surface area contributed by atoms with E-state index < -0.39 is 34.5 Å². The highest BCUT2D eigenvalue weighted by Crippen LogP contribution is 2.14. The number of sulfonamides is 1. The van der Waals surface area contributed by atoms with Crippen LogP contribution in [0.15, 0.2) is 53.4 Å². The Morgan fingerprint density at radius 3 is 2.11 bits per heavy atom. The van der Waals surface area contributed by atoms with Crippen molar-refractivity contribution >= 4 is 45.1 Å². The average Bonchev–Trinajstić information content (AvgIpc) is 2.65. The van der Waals surface area contributed by atoms with Crippen molar-refractivity contribution in [2.45, 2.75) is 24.4 Å². The quantitative estimate of drug-likeness (QED) is 0.609. The van der Waals surface area contributed by atoms with Gasteiger partial charge in [-0.25, -0.2) is 8.42 Å². The highest BCUT2D eigenvalue weighted by Gasteiger charge is 2.23. The van der Waals surface area contributed by atoms with Gasteiger partial charge in [0.15, 0.2) is 6.61 Å². The molecular formula is C18H18Cl2N2O5S. The van der Waals surface area contributed by atoms with E-state index in [0.717, 1.165) is 5.56 Å². The summed E-state index contributed by atoms with van der Waals surface area (Å²) in [6.07, 6.45) is 0. The molecule has 0 bridgehead atoms. The van der Waals surface area contributed by atoms with Crippen LogP contribution in [0.25, 0.3) is 0 Å². The zero-order valence-electron chi connectivity index (χ0n) is 14.8. The smallest absolute Gasteiger partial charge is 0.324 e. The number of carbonyl (C=O) groups is 2. The summed E-state index contributed by atoms with van der Waals surface area (Å²) in [4.78, 5) is 23.7. The molecule has 0 saturated carbocycles. The second kappa shape index (κ2) is 9.88. The molecule has 0 aliphatic rings. The van der Waals surface area contributed by atoms with Gasteiger partial charge in [-0.05, 0) is 48.9 Å². The Labute approximate surface area is 173 Å². The third kappa shape index (κ3) is 6.79. The monoisotopic (exact) mass is 444 g/mol. The maximum Gasteiger partial charge on any atom is 0.324 e.